The number of halogens is 2. The molecule has 0 saturated carbocycles. The number of benzene rings is 1. The highest BCUT2D eigenvalue weighted by molar-refractivity contribution is 9.10. The molecule has 0 aliphatic heterocycles. The van der Waals surface area contributed by atoms with Gasteiger partial charge in [0.2, 0.25) is 0 Å². The summed E-state index contributed by atoms with van der Waals surface area (Å²) in [5.41, 5.74) is 6.96. The van der Waals surface area contributed by atoms with Gasteiger partial charge in [-0.3, -0.25) is 0 Å². The normalized spacial score (nSPS) is 10.4. The summed E-state index contributed by atoms with van der Waals surface area (Å²) in [5, 5.41) is 4.94. The van der Waals surface area contributed by atoms with Gasteiger partial charge in [0, 0.05) is 15.0 Å². The van der Waals surface area contributed by atoms with Gasteiger partial charge in [-0.1, -0.05) is 15.9 Å². The van der Waals surface area contributed by atoms with Crippen LogP contribution in [0.2, 0.25) is 0 Å². The molecule has 0 radical (unpaired) electrons. The smallest absolute Gasteiger partial charge is 0.147 e. The van der Waals surface area contributed by atoms with Gasteiger partial charge in [0.25, 0.3) is 0 Å². The fraction of sp³-hybridized carbons (Fsp3) is 0.0909. The lowest BCUT2D eigenvalue weighted by atomic mass is 10.3. The molecule has 16 heavy (non-hydrogen) atoms. The number of hydrogen-bond acceptors (Lipinski definition) is 3. The van der Waals surface area contributed by atoms with Crippen molar-refractivity contribution in [3.05, 3.63) is 44.8 Å². The fourth-order valence-corrected chi connectivity index (χ4v) is 2.37. The third-order valence-electron chi connectivity index (χ3n) is 2.15. The summed E-state index contributed by atoms with van der Waals surface area (Å²) < 4.78 is 14.2. The van der Waals surface area contributed by atoms with Crippen molar-refractivity contribution in [1.82, 2.24) is 0 Å². The van der Waals surface area contributed by atoms with Crippen molar-refractivity contribution < 1.29 is 4.39 Å². The van der Waals surface area contributed by atoms with Crippen LogP contribution in [0.1, 0.15) is 4.88 Å². The van der Waals surface area contributed by atoms with Gasteiger partial charge in [0.1, 0.15) is 5.82 Å². The van der Waals surface area contributed by atoms with Crippen molar-refractivity contribution in [3.8, 4) is 0 Å². The largest absolute Gasteiger partial charge is 0.398 e. The molecular weight excluding hydrogens is 291 g/mol. The second-order valence-electron chi connectivity index (χ2n) is 3.28. The van der Waals surface area contributed by atoms with Crippen LogP contribution in [0, 0.1) is 5.82 Å². The van der Waals surface area contributed by atoms with Gasteiger partial charge in [-0.15, -0.1) is 11.3 Å². The number of hydrogen-bond donors (Lipinski definition) is 2. The van der Waals surface area contributed by atoms with Gasteiger partial charge in [0.05, 0.1) is 12.2 Å². The van der Waals surface area contributed by atoms with Gasteiger partial charge in [-0.25, -0.2) is 4.39 Å². The van der Waals surface area contributed by atoms with Crippen molar-refractivity contribution in [2.75, 3.05) is 11.1 Å². The van der Waals surface area contributed by atoms with E-state index in [0.717, 1.165) is 15.0 Å². The number of rotatable bonds is 3. The first-order valence-electron chi connectivity index (χ1n) is 4.67. The molecule has 0 aliphatic carbocycles. The molecule has 0 bridgehead atoms. The topological polar surface area (TPSA) is 38.0 Å². The van der Waals surface area contributed by atoms with Crippen molar-refractivity contribution in [2.24, 2.45) is 0 Å². The standard InChI is InChI=1S/C11H10BrFN2S/c12-7-1-2-10(8(13)5-7)15-6-11-9(14)3-4-16-11/h1-5,15H,6,14H2. The minimum absolute atomic E-state index is 0.274. The summed E-state index contributed by atoms with van der Waals surface area (Å²) in [6.07, 6.45) is 0. The number of nitrogens with one attached hydrogen (secondary N) is 1. The monoisotopic (exact) mass is 300 g/mol. The predicted molar refractivity (Wildman–Crippen MR) is 70.2 cm³/mol. The lowest BCUT2D eigenvalue weighted by molar-refractivity contribution is 0.629. The molecule has 1 aromatic heterocycles. The molecule has 5 heteroatoms. The molecule has 1 aromatic carbocycles. The lowest BCUT2D eigenvalue weighted by Crippen LogP contribution is -2.01. The summed E-state index contributed by atoms with van der Waals surface area (Å²) in [7, 11) is 0. The van der Waals surface area contributed by atoms with Gasteiger partial charge in [0.15, 0.2) is 0 Å². The molecule has 2 aromatic rings. The van der Waals surface area contributed by atoms with Crippen LogP contribution in [0.3, 0.4) is 0 Å². The van der Waals surface area contributed by atoms with Crippen LogP contribution in [-0.2, 0) is 6.54 Å². The Morgan fingerprint density at radius 2 is 2.19 bits per heavy atom. The molecule has 2 nitrogen and oxygen atoms in total. The lowest BCUT2D eigenvalue weighted by Gasteiger charge is -2.07. The molecule has 0 saturated heterocycles. The second kappa shape index (κ2) is 4.84. The molecule has 3 N–H and O–H groups in total. The Hall–Kier alpha value is -1.07. The zero-order valence-electron chi connectivity index (χ0n) is 8.34. The average Bonchev–Trinajstić information content (AvgIpc) is 2.63. The molecule has 2 rings (SSSR count). The van der Waals surface area contributed by atoms with Crippen LogP contribution < -0.4 is 11.1 Å². The molecular formula is C11H10BrFN2S. The van der Waals surface area contributed by atoms with E-state index >= 15 is 0 Å². The summed E-state index contributed by atoms with van der Waals surface area (Å²) in [6.45, 7) is 0.544. The minimum Gasteiger partial charge on any atom is -0.398 e. The molecule has 0 atom stereocenters. The van der Waals surface area contributed by atoms with Crippen LogP contribution in [0.4, 0.5) is 15.8 Å². The summed E-state index contributed by atoms with van der Waals surface area (Å²) >= 11 is 4.77. The Bertz CT molecular complexity index is 498. The predicted octanol–water partition coefficient (Wildman–Crippen LogP) is 3.84. The number of thiophene rings is 1. The maximum absolute atomic E-state index is 13.5. The van der Waals surface area contributed by atoms with Crippen molar-refractivity contribution in [2.45, 2.75) is 6.54 Å². The Kier molecular flexibility index (Phi) is 3.46. The highest BCUT2D eigenvalue weighted by atomic mass is 79.9. The fourth-order valence-electron chi connectivity index (χ4n) is 1.30. The first-order valence-corrected chi connectivity index (χ1v) is 6.35. The van der Waals surface area contributed by atoms with Crippen molar-refractivity contribution in [3.63, 3.8) is 0 Å². The number of anilines is 2. The highest BCUT2D eigenvalue weighted by Crippen LogP contribution is 2.23. The Balaban J connectivity index is 2.08. The number of nitrogens with two attached hydrogens (primary N) is 1. The van der Waals surface area contributed by atoms with E-state index in [1.165, 1.54) is 6.07 Å². The minimum atomic E-state index is -0.274. The van der Waals surface area contributed by atoms with E-state index in [-0.39, 0.29) is 5.82 Å². The van der Waals surface area contributed by atoms with E-state index in [9.17, 15) is 4.39 Å². The molecule has 0 unspecified atom stereocenters. The molecule has 0 aliphatic rings. The van der Waals surface area contributed by atoms with E-state index in [2.05, 4.69) is 21.2 Å². The SMILES string of the molecule is Nc1ccsc1CNc1ccc(Br)cc1F. The van der Waals surface area contributed by atoms with E-state index in [0.29, 0.717) is 12.2 Å². The molecule has 84 valence electrons. The van der Waals surface area contributed by atoms with Gasteiger partial charge < -0.3 is 11.1 Å². The van der Waals surface area contributed by atoms with E-state index < -0.39 is 0 Å². The van der Waals surface area contributed by atoms with Crippen LogP contribution in [-0.4, -0.2) is 0 Å². The van der Waals surface area contributed by atoms with E-state index in [1.807, 2.05) is 11.4 Å². The van der Waals surface area contributed by atoms with E-state index in [4.69, 9.17) is 5.73 Å². The summed E-state index contributed by atoms with van der Waals surface area (Å²) in [6, 6.07) is 6.77. The van der Waals surface area contributed by atoms with Gasteiger partial charge in [-0.2, -0.15) is 0 Å². The quantitative estimate of drug-likeness (QED) is 0.904. The van der Waals surface area contributed by atoms with Gasteiger partial charge in [-0.05, 0) is 29.6 Å². The number of nitrogen functional groups attached to an aromatic ring is 1. The van der Waals surface area contributed by atoms with Crippen LogP contribution in [0.5, 0.6) is 0 Å². The second-order valence-corrected chi connectivity index (χ2v) is 5.19. The molecule has 1 heterocycles. The Morgan fingerprint density at radius 3 is 2.81 bits per heavy atom. The van der Waals surface area contributed by atoms with Crippen molar-refractivity contribution in [1.29, 1.82) is 0 Å². The third-order valence-corrected chi connectivity index (χ3v) is 3.58. The summed E-state index contributed by atoms with van der Waals surface area (Å²) in [4.78, 5) is 1.02. The molecule has 0 fully saturated rings. The van der Waals surface area contributed by atoms with Crippen LogP contribution >= 0.6 is 27.3 Å². The first kappa shape index (κ1) is 11.4. The third kappa shape index (κ3) is 2.54. The van der Waals surface area contributed by atoms with E-state index in [1.54, 1.807) is 23.5 Å². The Labute approximate surface area is 105 Å². The zero-order valence-corrected chi connectivity index (χ0v) is 10.7. The molecule has 0 amide bonds. The average molecular weight is 301 g/mol. The highest BCUT2D eigenvalue weighted by Gasteiger charge is 2.04. The first-order chi connectivity index (χ1) is 7.66. The molecule has 0 spiro atoms. The zero-order chi connectivity index (χ0) is 11.5. The maximum Gasteiger partial charge on any atom is 0.147 e. The van der Waals surface area contributed by atoms with Crippen LogP contribution in [0.25, 0.3) is 0 Å². The summed E-state index contributed by atoms with van der Waals surface area (Å²) in [5.74, 6) is -0.274. The van der Waals surface area contributed by atoms with Crippen molar-refractivity contribution >= 4 is 38.6 Å². The van der Waals surface area contributed by atoms with Crippen LogP contribution in [0.15, 0.2) is 34.1 Å². The van der Waals surface area contributed by atoms with Gasteiger partial charge >= 0.3 is 0 Å². The maximum atomic E-state index is 13.5. The Morgan fingerprint density at radius 1 is 1.38 bits per heavy atom.